The second-order valence-electron chi connectivity index (χ2n) is 6.67. The summed E-state index contributed by atoms with van der Waals surface area (Å²) in [7, 11) is 0. The SMILES string of the molecule is C=C(NCCN1CCN(c2c(F)cnc(N)c2[N+](=O)[O-])CC1)Nc1ccccc1. The van der Waals surface area contributed by atoms with Crippen molar-refractivity contribution in [3.8, 4) is 0 Å². The number of para-hydroxylation sites is 1. The molecule has 1 fully saturated rings. The molecule has 2 aromatic rings. The van der Waals surface area contributed by atoms with Crippen LogP contribution < -0.4 is 21.3 Å². The highest BCUT2D eigenvalue weighted by Gasteiger charge is 2.30. The number of rotatable bonds is 8. The number of anilines is 3. The van der Waals surface area contributed by atoms with E-state index >= 15 is 0 Å². The zero-order valence-electron chi connectivity index (χ0n) is 16.0. The van der Waals surface area contributed by atoms with Crippen molar-refractivity contribution >= 4 is 22.9 Å². The van der Waals surface area contributed by atoms with Crippen LogP contribution in [-0.4, -0.2) is 54.1 Å². The van der Waals surface area contributed by atoms with Crippen LogP contribution in [0.3, 0.4) is 0 Å². The molecule has 0 aliphatic carbocycles. The van der Waals surface area contributed by atoms with E-state index in [1.807, 2.05) is 30.3 Å². The smallest absolute Gasteiger partial charge is 0.337 e. The molecule has 0 atom stereocenters. The second-order valence-corrected chi connectivity index (χ2v) is 6.67. The van der Waals surface area contributed by atoms with Crippen LogP contribution in [-0.2, 0) is 0 Å². The Morgan fingerprint density at radius 2 is 1.97 bits per heavy atom. The molecule has 0 amide bonds. The van der Waals surface area contributed by atoms with Crippen molar-refractivity contribution in [3.05, 3.63) is 64.9 Å². The highest BCUT2D eigenvalue weighted by atomic mass is 19.1. The third kappa shape index (κ3) is 5.11. The van der Waals surface area contributed by atoms with Gasteiger partial charge in [0.2, 0.25) is 5.82 Å². The van der Waals surface area contributed by atoms with Gasteiger partial charge in [0.1, 0.15) is 0 Å². The Morgan fingerprint density at radius 1 is 1.28 bits per heavy atom. The minimum atomic E-state index is -0.732. The van der Waals surface area contributed by atoms with E-state index in [9.17, 15) is 14.5 Å². The predicted molar refractivity (Wildman–Crippen MR) is 111 cm³/mol. The van der Waals surface area contributed by atoms with E-state index in [-0.39, 0.29) is 11.5 Å². The summed E-state index contributed by atoms with van der Waals surface area (Å²) >= 11 is 0. The van der Waals surface area contributed by atoms with Crippen molar-refractivity contribution in [1.82, 2.24) is 15.2 Å². The second kappa shape index (κ2) is 9.20. The standard InChI is InChI=1S/C19H24FN7O2/c1-14(24-15-5-3-2-4-6-15)22-7-8-25-9-11-26(12-10-25)17-16(20)13-23-19(21)18(17)27(28)29/h2-6,13,22,24H,1,7-12H2,(H2,21,23). The first-order chi connectivity index (χ1) is 14.0. The normalized spacial score (nSPS) is 14.4. The van der Waals surface area contributed by atoms with Crippen molar-refractivity contribution < 1.29 is 9.31 Å². The number of hydrogen-bond donors (Lipinski definition) is 3. The van der Waals surface area contributed by atoms with E-state index < -0.39 is 16.4 Å². The molecule has 0 radical (unpaired) electrons. The highest BCUT2D eigenvalue weighted by molar-refractivity contribution is 5.73. The molecule has 0 bridgehead atoms. The molecule has 1 saturated heterocycles. The number of aromatic nitrogens is 1. The zero-order chi connectivity index (χ0) is 20.8. The van der Waals surface area contributed by atoms with Gasteiger partial charge in [0.25, 0.3) is 0 Å². The Morgan fingerprint density at radius 3 is 2.62 bits per heavy atom. The lowest BCUT2D eigenvalue weighted by Crippen LogP contribution is -2.48. The number of piperazine rings is 1. The van der Waals surface area contributed by atoms with E-state index in [0.717, 1.165) is 18.4 Å². The van der Waals surface area contributed by atoms with Gasteiger partial charge in [0.05, 0.1) is 16.9 Å². The van der Waals surface area contributed by atoms with Crippen LogP contribution in [0, 0.1) is 15.9 Å². The van der Waals surface area contributed by atoms with Gasteiger partial charge in [-0.3, -0.25) is 15.0 Å². The first-order valence-corrected chi connectivity index (χ1v) is 9.26. The van der Waals surface area contributed by atoms with E-state index in [1.165, 1.54) is 0 Å². The van der Waals surface area contributed by atoms with Crippen LogP contribution in [0.1, 0.15) is 0 Å². The van der Waals surface area contributed by atoms with Crippen LogP contribution in [0.25, 0.3) is 0 Å². The van der Waals surface area contributed by atoms with Crippen molar-refractivity contribution in [1.29, 1.82) is 0 Å². The van der Waals surface area contributed by atoms with Crippen LogP contribution >= 0.6 is 0 Å². The van der Waals surface area contributed by atoms with Gasteiger partial charge in [0, 0.05) is 45.0 Å². The molecule has 4 N–H and O–H groups in total. The number of pyridine rings is 1. The maximum atomic E-state index is 14.2. The van der Waals surface area contributed by atoms with Gasteiger partial charge in [-0.25, -0.2) is 9.37 Å². The minimum absolute atomic E-state index is 0.0827. The molecule has 1 aliphatic heterocycles. The first kappa shape index (κ1) is 20.3. The molecule has 1 aromatic heterocycles. The molecule has 2 heterocycles. The summed E-state index contributed by atoms with van der Waals surface area (Å²) in [5.41, 5.74) is 6.00. The third-order valence-electron chi connectivity index (χ3n) is 4.72. The van der Waals surface area contributed by atoms with Crippen LogP contribution in [0.15, 0.2) is 48.9 Å². The molecule has 1 aliphatic rings. The molecule has 0 saturated carbocycles. The van der Waals surface area contributed by atoms with E-state index in [4.69, 9.17) is 5.73 Å². The van der Waals surface area contributed by atoms with Crippen molar-refractivity contribution in [2.24, 2.45) is 0 Å². The Kier molecular flexibility index (Phi) is 6.45. The molecule has 1 aromatic carbocycles. The number of benzene rings is 1. The highest BCUT2D eigenvalue weighted by Crippen LogP contribution is 2.35. The molecule has 29 heavy (non-hydrogen) atoms. The third-order valence-corrected chi connectivity index (χ3v) is 4.72. The van der Waals surface area contributed by atoms with E-state index in [1.54, 1.807) is 4.90 Å². The molecule has 154 valence electrons. The fraction of sp³-hybridized carbons (Fsp3) is 0.316. The Balaban J connectivity index is 1.48. The molecular weight excluding hydrogens is 377 g/mol. The summed E-state index contributed by atoms with van der Waals surface area (Å²) in [5, 5.41) is 17.7. The summed E-state index contributed by atoms with van der Waals surface area (Å²) in [4.78, 5) is 18.0. The number of nitrogen functional groups attached to an aromatic ring is 1. The van der Waals surface area contributed by atoms with Gasteiger partial charge in [-0.15, -0.1) is 0 Å². The van der Waals surface area contributed by atoms with Crippen LogP contribution in [0.2, 0.25) is 0 Å². The maximum absolute atomic E-state index is 14.2. The largest absolute Gasteiger partial charge is 0.378 e. The van der Waals surface area contributed by atoms with Crippen molar-refractivity contribution in [3.63, 3.8) is 0 Å². The van der Waals surface area contributed by atoms with E-state index in [0.29, 0.717) is 38.5 Å². The summed E-state index contributed by atoms with van der Waals surface area (Å²) < 4.78 is 14.2. The summed E-state index contributed by atoms with van der Waals surface area (Å²) in [5.74, 6) is -0.299. The van der Waals surface area contributed by atoms with Gasteiger partial charge in [-0.05, 0) is 12.1 Å². The number of nitro groups is 1. The Labute approximate surface area is 168 Å². The summed E-state index contributed by atoms with van der Waals surface area (Å²) in [6, 6.07) is 9.74. The lowest BCUT2D eigenvalue weighted by atomic mass is 10.2. The fourth-order valence-corrected chi connectivity index (χ4v) is 3.26. The van der Waals surface area contributed by atoms with Gasteiger partial charge in [0.15, 0.2) is 11.5 Å². The van der Waals surface area contributed by atoms with Gasteiger partial charge in [-0.2, -0.15) is 0 Å². The number of halogens is 1. The van der Waals surface area contributed by atoms with Gasteiger partial charge in [-0.1, -0.05) is 24.8 Å². The fourth-order valence-electron chi connectivity index (χ4n) is 3.26. The zero-order valence-corrected chi connectivity index (χ0v) is 16.0. The quantitative estimate of drug-likeness (QED) is 0.455. The van der Waals surface area contributed by atoms with Crippen molar-refractivity contribution in [2.75, 3.05) is 55.2 Å². The monoisotopic (exact) mass is 401 g/mol. The average Bonchev–Trinajstić information content (AvgIpc) is 2.70. The number of nitrogens with two attached hydrogens (primary N) is 1. The maximum Gasteiger partial charge on any atom is 0.337 e. The number of nitrogens with zero attached hydrogens (tertiary/aromatic N) is 4. The summed E-state index contributed by atoms with van der Waals surface area (Å²) in [6.45, 7) is 7.65. The molecular formula is C19H24FN7O2. The number of hydrogen-bond acceptors (Lipinski definition) is 8. The molecule has 0 unspecified atom stereocenters. The average molecular weight is 401 g/mol. The van der Waals surface area contributed by atoms with Gasteiger partial charge >= 0.3 is 5.69 Å². The number of nitrogens with one attached hydrogen (secondary N) is 2. The summed E-state index contributed by atoms with van der Waals surface area (Å²) in [6.07, 6.45) is 0.930. The Hall–Kier alpha value is -3.40. The van der Waals surface area contributed by atoms with E-state index in [2.05, 4.69) is 27.1 Å². The molecule has 3 rings (SSSR count). The van der Waals surface area contributed by atoms with Crippen LogP contribution in [0.4, 0.5) is 27.3 Å². The molecule has 0 spiro atoms. The lowest BCUT2D eigenvalue weighted by Gasteiger charge is -2.35. The topological polar surface area (TPSA) is 113 Å². The van der Waals surface area contributed by atoms with Crippen LogP contribution in [0.5, 0.6) is 0 Å². The Bertz CT molecular complexity index is 870. The lowest BCUT2D eigenvalue weighted by molar-refractivity contribution is -0.383. The molecule has 9 nitrogen and oxygen atoms in total. The predicted octanol–water partition coefficient (Wildman–Crippen LogP) is 2.01. The first-order valence-electron chi connectivity index (χ1n) is 9.26. The van der Waals surface area contributed by atoms with Crippen molar-refractivity contribution in [2.45, 2.75) is 0 Å². The van der Waals surface area contributed by atoms with Gasteiger partial charge < -0.3 is 21.3 Å². The minimum Gasteiger partial charge on any atom is -0.378 e. The molecule has 10 heteroatoms.